The zero-order valence-corrected chi connectivity index (χ0v) is 11.1. The van der Waals surface area contributed by atoms with Crippen LogP contribution in [0.25, 0.3) is 0 Å². The summed E-state index contributed by atoms with van der Waals surface area (Å²) in [6.07, 6.45) is 0.816. The molecule has 1 unspecified atom stereocenters. The molecule has 1 atom stereocenters. The molecular formula is C11H24N2O2S. The van der Waals surface area contributed by atoms with Crippen LogP contribution in [0.1, 0.15) is 20.3 Å². The number of thioether (sulfide) groups is 1. The van der Waals surface area contributed by atoms with E-state index in [4.69, 9.17) is 10.8 Å². The molecule has 0 heterocycles. The molecule has 0 aromatic heterocycles. The van der Waals surface area contributed by atoms with Crippen molar-refractivity contribution in [1.29, 1.82) is 0 Å². The number of aliphatic hydroxyl groups is 1. The lowest BCUT2D eigenvalue weighted by molar-refractivity contribution is -0.125. The lowest BCUT2D eigenvalue weighted by Gasteiger charge is -2.18. The van der Waals surface area contributed by atoms with Crippen molar-refractivity contribution in [2.75, 3.05) is 31.2 Å². The van der Waals surface area contributed by atoms with E-state index in [1.54, 1.807) is 11.8 Å². The maximum Gasteiger partial charge on any atom is 0.224 e. The minimum Gasteiger partial charge on any atom is -0.396 e. The van der Waals surface area contributed by atoms with Crippen molar-refractivity contribution in [2.24, 2.45) is 17.6 Å². The number of carbonyl (C=O) groups excluding carboxylic acids is 1. The fraction of sp³-hybridized carbons (Fsp3) is 0.909. The Morgan fingerprint density at radius 3 is 2.62 bits per heavy atom. The van der Waals surface area contributed by atoms with E-state index < -0.39 is 0 Å². The monoisotopic (exact) mass is 248 g/mol. The molecule has 96 valence electrons. The van der Waals surface area contributed by atoms with Crippen molar-refractivity contribution in [1.82, 2.24) is 5.32 Å². The van der Waals surface area contributed by atoms with Crippen LogP contribution in [0.4, 0.5) is 0 Å². The Labute approximate surface area is 102 Å². The summed E-state index contributed by atoms with van der Waals surface area (Å²) in [5, 5.41) is 11.5. The highest BCUT2D eigenvalue weighted by atomic mass is 32.2. The van der Waals surface area contributed by atoms with Gasteiger partial charge in [0, 0.05) is 25.4 Å². The Morgan fingerprint density at radius 1 is 1.44 bits per heavy atom. The molecular weight excluding hydrogens is 224 g/mol. The van der Waals surface area contributed by atoms with E-state index in [1.807, 2.05) is 13.8 Å². The van der Waals surface area contributed by atoms with Crippen LogP contribution in [0.2, 0.25) is 0 Å². The SMILES string of the molecule is CC(C)C(CN)C(=O)NCCSCCCO. The van der Waals surface area contributed by atoms with Gasteiger partial charge in [0.25, 0.3) is 0 Å². The predicted molar refractivity (Wildman–Crippen MR) is 69.4 cm³/mol. The van der Waals surface area contributed by atoms with E-state index in [-0.39, 0.29) is 24.3 Å². The number of nitrogens with two attached hydrogens (primary N) is 1. The molecule has 0 aromatic carbocycles. The van der Waals surface area contributed by atoms with Crippen LogP contribution in [-0.2, 0) is 4.79 Å². The first-order chi connectivity index (χ1) is 7.63. The summed E-state index contributed by atoms with van der Waals surface area (Å²) in [6.45, 7) is 5.33. The van der Waals surface area contributed by atoms with Gasteiger partial charge in [-0.25, -0.2) is 0 Å². The molecule has 1 amide bonds. The van der Waals surface area contributed by atoms with Crippen molar-refractivity contribution in [3.8, 4) is 0 Å². The zero-order valence-electron chi connectivity index (χ0n) is 10.2. The third-order valence-corrected chi connectivity index (χ3v) is 3.46. The van der Waals surface area contributed by atoms with Crippen molar-refractivity contribution in [2.45, 2.75) is 20.3 Å². The maximum atomic E-state index is 11.7. The molecule has 0 saturated heterocycles. The fourth-order valence-corrected chi connectivity index (χ4v) is 2.11. The first kappa shape index (κ1) is 15.7. The Hall–Kier alpha value is -0.260. The lowest BCUT2D eigenvalue weighted by Crippen LogP contribution is -2.38. The van der Waals surface area contributed by atoms with Crippen LogP contribution in [0, 0.1) is 11.8 Å². The summed E-state index contributed by atoms with van der Waals surface area (Å²) in [5.74, 6) is 2.09. The summed E-state index contributed by atoms with van der Waals surface area (Å²) < 4.78 is 0. The molecule has 0 aliphatic rings. The Balaban J connectivity index is 3.56. The smallest absolute Gasteiger partial charge is 0.224 e. The normalized spacial score (nSPS) is 12.8. The summed E-state index contributed by atoms with van der Waals surface area (Å²) in [6, 6.07) is 0. The van der Waals surface area contributed by atoms with E-state index in [0.717, 1.165) is 17.9 Å². The van der Waals surface area contributed by atoms with Gasteiger partial charge in [0.1, 0.15) is 0 Å². The van der Waals surface area contributed by atoms with Crippen molar-refractivity contribution < 1.29 is 9.90 Å². The molecule has 16 heavy (non-hydrogen) atoms. The molecule has 0 saturated carbocycles. The molecule has 0 bridgehead atoms. The molecule has 0 aliphatic heterocycles. The van der Waals surface area contributed by atoms with Crippen molar-refractivity contribution >= 4 is 17.7 Å². The quantitative estimate of drug-likeness (QED) is 0.518. The maximum absolute atomic E-state index is 11.7. The highest BCUT2D eigenvalue weighted by molar-refractivity contribution is 7.99. The fourth-order valence-electron chi connectivity index (χ4n) is 1.33. The minimum absolute atomic E-state index is 0.0558. The van der Waals surface area contributed by atoms with Gasteiger partial charge in [0.2, 0.25) is 5.91 Å². The molecule has 0 rings (SSSR count). The van der Waals surface area contributed by atoms with E-state index in [0.29, 0.717) is 13.1 Å². The molecule has 0 aliphatic carbocycles. The van der Waals surface area contributed by atoms with Gasteiger partial charge in [-0.05, 0) is 18.1 Å². The van der Waals surface area contributed by atoms with Crippen LogP contribution < -0.4 is 11.1 Å². The topological polar surface area (TPSA) is 75.4 Å². The van der Waals surface area contributed by atoms with E-state index >= 15 is 0 Å². The Morgan fingerprint density at radius 2 is 2.12 bits per heavy atom. The van der Waals surface area contributed by atoms with Gasteiger partial charge in [-0.1, -0.05) is 13.8 Å². The van der Waals surface area contributed by atoms with Gasteiger partial charge in [-0.3, -0.25) is 4.79 Å². The standard InChI is InChI=1S/C11H24N2O2S/c1-9(2)10(8-12)11(15)13-4-7-16-6-3-5-14/h9-10,14H,3-8,12H2,1-2H3,(H,13,15). The Bertz CT molecular complexity index is 189. The number of rotatable bonds is 9. The second-order valence-corrected chi connectivity index (χ2v) is 5.29. The number of aliphatic hydroxyl groups excluding tert-OH is 1. The second-order valence-electron chi connectivity index (χ2n) is 4.07. The van der Waals surface area contributed by atoms with Crippen LogP contribution >= 0.6 is 11.8 Å². The van der Waals surface area contributed by atoms with Crippen LogP contribution in [0.3, 0.4) is 0 Å². The number of hydrogen-bond donors (Lipinski definition) is 3. The zero-order chi connectivity index (χ0) is 12.4. The highest BCUT2D eigenvalue weighted by Crippen LogP contribution is 2.09. The average molecular weight is 248 g/mol. The molecule has 4 nitrogen and oxygen atoms in total. The van der Waals surface area contributed by atoms with Crippen LogP contribution in [-0.4, -0.2) is 42.2 Å². The van der Waals surface area contributed by atoms with Gasteiger partial charge in [-0.2, -0.15) is 11.8 Å². The molecule has 0 fully saturated rings. The molecule has 0 aromatic rings. The van der Waals surface area contributed by atoms with Gasteiger partial charge in [0.05, 0.1) is 5.92 Å². The molecule has 0 spiro atoms. The predicted octanol–water partition coefficient (Wildman–Crippen LogP) is 0.449. The van der Waals surface area contributed by atoms with Gasteiger partial charge >= 0.3 is 0 Å². The van der Waals surface area contributed by atoms with Crippen LogP contribution in [0.5, 0.6) is 0 Å². The average Bonchev–Trinajstić information content (AvgIpc) is 2.23. The van der Waals surface area contributed by atoms with E-state index in [9.17, 15) is 4.79 Å². The number of hydrogen-bond acceptors (Lipinski definition) is 4. The number of carbonyl (C=O) groups is 1. The van der Waals surface area contributed by atoms with Crippen LogP contribution in [0.15, 0.2) is 0 Å². The summed E-state index contributed by atoms with van der Waals surface area (Å²) in [5.41, 5.74) is 5.55. The first-order valence-corrected chi connectivity index (χ1v) is 6.95. The largest absolute Gasteiger partial charge is 0.396 e. The number of nitrogens with one attached hydrogen (secondary N) is 1. The van der Waals surface area contributed by atoms with E-state index in [2.05, 4.69) is 5.32 Å². The lowest BCUT2D eigenvalue weighted by atomic mass is 9.95. The summed E-state index contributed by atoms with van der Waals surface area (Å²) in [7, 11) is 0. The molecule has 4 N–H and O–H groups in total. The summed E-state index contributed by atoms with van der Waals surface area (Å²) in [4.78, 5) is 11.7. The van der Waals surface area contributed by atoms with Gasteiger partial charge in [-0.15, -0.1) is 0 Å². The van der Waals surface area contributed by atoms with Gasteiger partial charge < -0.3 is 16.2 Å². The minimum atomic E-state index is -0.0811. The highest BCUT2D eigenvalue weighted by Gasteiger charge is 2.19. The molecule has 0 radical (unpaired) electrons. The third kappa shape index (κ3) is 7.09. The van der Waals surface area contributed by atoms with Crippen molar-refractivity contribution in [3.05, 3.63) is 0 Å². The van der Waals surface area contributed by atoms with Crippen molar-refractivity contribution in [3.63, 3.8) is 0 Å². The second kappa shape index (κ2) is 9.93. The third-order valence-electron chi connectivity index (χ3n) is 2.39. The van der Waals surface area contributed by atoms with E-state index in [1.165, 1.54) is 0 Å². The Kier molecular flexibility index (Phi) is 9.77. The summed E-state index contributed by atoms with van der Waals surface area (Å²) >= 11 is 1.74. The molecule has 5 heteroatoms. The van der Waals surface area contributed by atoms with Gasteiger partial charge in [0.15, 0.2) is 0 Å². The first-order valence-electron chi connectivity index (χ1n) is 5.79. The number of amides is 1.